The molecular weight excluding hydrogens is 294 g/mol. The summed E-state index contributed by atoms with van der Waals surface area (Å²) >= 11 is 0. The Balaban J connectivity index is 2.26. The fraction of sp³-hybridized carbons (Fsp3) is 0.706. The molecule has 0 saturated heterocycles. The molecule has 2 rings (SSSR count). The summed E-state index contributed by atoms with van der Waals surface area (Å²) in [6.45, 7) is 7.88. The second kappa shape index (κ2) is 6.34. The zero-order valence-corrected chi connectivity index (χ0v) is 14.5. The molecule has 1 aliphatic rings. The molecule has 1 aromatic rings. The Morgan fingerprint density at radius 2 is 1.78 bits per heavy atom. The largest absolute Gasteiger partial charge is 0.480 e. The van der Waals surface area contributed by atoms with Crippen molar-refractivity contribution in [1.82, 2.24) is 15.1 Å². The van der Waals surface area contributed by atoms with Crippen LogP contribution in [0.15, 0.2) is 6.20 Å². The van der Waals surface area contributed by atoms with Crippen LogP contribution < -0.4 is 5.32 Å². The van der Waals surface area contributed by atoms with Gasteiger partial charge in [-0.05, 0) is 40.5 Å². The van der Waals surface area contributed by atoms with Gasteiger partial charge >= 0.3 is 5.97 Å². The van der Waals surface area contributed by atoms with Crippen molar-refractivity contribution in [2.24, 2.45) is 0 Å². The average molecular weight is 321 g/mol. The van der Waals surface area contributed by atoms with Crippen LogP contribution in [-0.4, -0.2) is 32.3 Å². The molecule has 0 atom stereocenters. The highest BCUT2D eigenvalue weighted by Gasteiger charge is 2.40. The zero-order valence-electron chi connectivity index (χ0n) is 14.5. The molecule has 0 radical (unpaired) electrons. The van der Waals surface area contributed by atoms with Gasteiger partial charge in [0.2, 0.25) is 0 Å². The number of carbonyl (C=O) groups is 2. The lowest BCUT2D eigenvalue weighted by Crippen LogP contribution is -2.54. The molecule has 128 valence electrons. The molecule has 1 amide bonds. The van der Waals surface area contributed by atoms with E-state index in [9.17, 15) is 14.7 Å². The van der Waals surface area contributed by atoms with Crippen molar-refractivity contribution in [3.63, 3.8) is 0 Å². The maximum atomic E-state index is 12.7. The fourth-order valence-corrected chi connectivity index (χ4v) is 3.32. The molecule has 23 heavy (non-hydrogen) atoms. The van der Waals surface area contributed by atoms with E-state index in [1.165, 1.54) is 6.20 Å². The molecule has 1 heterocycles. The molecule has 1 fully saturated rings. The Morgan fingerprint density at radius 1 is 1.22 bits per heavy atom. The number of carboxylic acid groups (broad SMARTS) is 1. The van der Waals surface area contributed by atoms with Gasteiger partial charge in [-0.3, -0.25) is 9.48 Å². The van der Waals surface area contributed by atoms with Crippen molar-refractivity contribution in [2.45, 2.75) is 77.3 Å². The predicted octanol–water partition coefficient (Wildman–Crippen LogP) is 2.85. The highest BCUT2D eigenvalue weighted by molar-refractivity contribution is 5.98. The molecule has 0 unspecified atom stereocenters. The number of nitrogens with one attached hydrogen (secondary N) is 1. The van der Waals surface area contributed by atoms with Crippen molar-refractivity contribution < 1.29 is 14.7 Å². The van der Waals surface area contributed by atoms with E-state index in [1.54, 1.807) is 4.68 Å². The number of hydrogen-bond donors (Lipinski definition) is 2. The van der Waals surface area contributed by atoms with Gasteiger partial charge in [-0.25, -0.2) is 4.79 Å². The molecule has 0 aliphatic heterocycles. The average Bonchev–Trinajstić information content (AvgIpc) is 2.68. The maximum Gasteiger partial charge on any atom is 0.329 e. The fourth-order valence-electron chi connectivity index (χ4n) is 3.32. The molecule has 6 heteroatoms. The number of nitrogens with zero attached hydrogens (tertiary/aromatic N) is 2. The standard InChI is InChI=1S/C17H27N3O3/c1-12-13(11-18-20(12)16(2,3)4)14(21)19-17(15(22)23)9-7-5-6-8-10-17/h11H,5-10H2,1-4H3,(H,19,21)(H,22,23). The van der Waals surface area contributed by atoms with E-state index in [0.29, 0.717) is 18.4 Å². The normalized spacial score (nSPS) is 18.3. The first-order valence-electron chi connectivity index (χ1n) is 8.28. The minimum absolute atomic E-state index is 0.227. The molecule has 6 nitrogen and oxygen atoms in total. The first-order chi connectivity index (χ1) is 10.7. The number of amides is 1. The van der Waals surface area contributed by atoms with Crippen molar-refractivity contribution in [1.29, 1.82) is 0 Å². The van der Waals surface area contributed by atoms with Gasteiger partial charge in [0, 0.05) is 5.69 Å². The Morgan fingerprint density at radius 3 is 2.22 bits per heavy atom. The van der Waals surface area contributed by atoms with Crippen molar-refractivity contribution in [3.05, 3.63) is 17.5 Å². The number of carbonyl (C=O) groups excluding carboxylic acids is 1. The molecular formula is C17H27N3O3. The minimum Gasteiger partial charge on any atom is -0.480 e. The lowest BCUT2D eigenvalue weighted by Gasteiger charge is -2.29. The molecule has 1 saturated carbocycles. The maximum absolute atomic E-state index is 12.7. The van der Waals surface area contributed by atoms with Crippen LogP contribution in [0.5, 0.6) is 0 Å². The van der Waals surface area contributed by atoms with Crippen molar-refractivity contribution >= 4 is 11.9 Å². The smallest absolute Gasteiger partial charge is 0.329 e. The summed E-state index contributed by atoms with van der Waals surface area (Å²) in [5.41, 5.74) is -0.173. The van der Waals surface area contributed by atoms with E-state index in [0.717, 1.165) is 31.4 Å². The van der Waals surface area contributed by atoms with Crippen LogP contribution in [0, 0.1) is 6.92 Å². The quantitative estimate of drug-likeness (QED) is 0.838. The van der Waals surface area contributed by atoms with E-state index < -0.39 is 11.5 Å². The number of aliphatic carboxylic acids is 1. The Labute approximate surface area is 137 Å². The number of aromatic nitrogens is 2. The van der Waals surface area contributed by atoms with Gasteiger partial charge in [-0.1, -0.05) is 25.7 Å². The molecule has 0 spiro atoms. The lowest BCUT2D eigenvalue weighted by molar-refractivity contribution is -0.145. The van der Waals surface area contributed by atoms with Crippen LogP contribution in [0.25, 0.3) is 0 Å². The van der Waals surface area contributed by atoms with Gasteiger partial charge in [0.15, 0.2) is 0 Å². The van der Waals surface area contributed by atoms with E-state index in [4.69, 9.17) is 0 Å². The van der Waals surface area contributed by atoms with E-state index in [-0.39, 0.29) is 11.4 Å². The van der Waals surface area contributed by atoms with Crippen LogP contribution in [0.2, 0.25) is 0 Å². The Hall–Kier alpha value is -1.85. The first-order valence-corrected chi connectivity index (χ1v) is 8.28. The molecule has 0 aromatic carbocycles. The summed E-state index contributed by atoms with van der Waals surface area (Å²) in [6, 6.07) is 0. The summed E-state index contributed by atoms with van der Waals surface area (Å²) in [4.78, 5) is 24.5. The Kier molecular flexibility index (Phi) is 4.82. The third kappa shape index (κ3) is 3.57. The van der Waals surface area contributed by atoms with E-state index >= 15 is 0 Å². The zero-order chi connectivity index (χ0) is 17.3. The van der Waals surface area contributed by atoms with Crippen LogP contribution in [0.1, 0.15) is 75.3 Å². The molecule has 1 aliphatic carbocycles. The van der Waals surface area contributed by atoms with Crippen LogP contribution in [0.3, 0.4) is 0 Å². The van der Waals surface area contributed by atoms with Gasteiger partial charge in [0.25, 0.3) is 5.91 Å². The van der Waals surface area contributed by atoms with Crippen LogP contribution >= 0.6 is 0 Å². The van der Waals surface area contributed by atoms with Crippen molar-refractivity contribution in [2.75, 3.05) is 0 Å². The van der Waals surface area contributed by atoms with Crippen LogP contribution in [-0.2, 0) is 10.3 Å². The van der Waals surface area contributed by atoms with Gasteiger partial charge in [0.1, 0.15) is 5.54 Å². The third-order valence-corrected chi connectivity index (χ3v) is 4.61. The number of hydrogen-bond acceptors (Lipinski definition) is 3. The third-order valence-electron chi connectivity index (χ3n) is 4.61. The van der Waals surface area contributed by atoms with Gasteiger partial charge in [-0.2, -0.15) is 5.10 Å². The predicted molar refractivity (Wildman–Crippen MR) is 87.5 cm³/mol. The van der Waals surface area contributed by atoms with E-state index in [1.807, 2.05) is 27.7 Å². The second-order valence-corrected chi connectivity index (χ2v) is 7.48. The van der Waals surface area contributed by atoms with Crippen molar-refractivity contribution in [3.8, 4) is 0 Å². The lowest BCUT2D eigenvalue weighted by atomic mass is 9.90. The highest BCUT2D eigenvalue weighted by atomic mass is 16.4. The summed E-state index contributed by atoms with van der Waals surface area (Å²) < 4.78 is 1.79. The summed E-state index contributed by atoms with van der Waals surface area (Å²) in [5.74, 6) is -1.28. The number of rotatable bonds is 3. The highest BCUT2D eigenvalue weighted by Crippen LogP contribution is 2.28. The van der Waals surface area contributed by atoms with E-state index in [2.05, 4.69) is 10.4 Å². The van der Waals surface area contributed by atoms with Gasteiger partial charge < -0.3 is 10.4 Å². The topological polar surface area (TPSA) is 84.2 Å². The number of carboxylic acids is 1. The SMILES string of the molecule is Cc1c(C(=O)NC2(C(=O)O)CCCCCC2)cnn1C(C)(C)C. The first kappa shape index (κ1) is 17.5. The van der Waals surface area contributed by atoms with Crippen LogP contribution in [0.4, 0.5) is 0 Å². The molecule has 0 bridgehead atoms. The monoisotopic (exact) mass is 321 g/mol. The summed E-state index contributed by atoms with van der Waals surface area (Å²) in [7, 11) is 0. The van der Waals surface area contributed by atoms with Gasteiger partial charge in [-0.15, -0.1) is 0 Å². The summed E-state index contributed by atoms with van der Waals surface area (Å²) in [6.07, 6.45) is 6.20. The summed E-state index contributed by atoms with van der Waals surface area (Å²) in [5, 5.41) is 16.8. The minimum atomic E-state index is -1.15. The van der Waals surface area contributed by atoms with Gasteiger partial charge in [0.05, 0.1) is 17.3 Å². The second-order valence-electron chi connectivity index (χ2n) is 7.48. The Bertz CT molecular complexity index is 591. The molecule has 1 aromatic heterocycles. The molecule has 2 N–H and O–H groups in total.